The fourth-order valence-electron chi connectivity index (χ4n) is 6.93. The van der Waals surface area contributed by atoms with Crippen molar-refractivity contribution in [1.29, 1.82) is 0 Å². The van der Waals surface area contributed by atoms with E-state index in [1.807, 2.05) is 13.8 Å². The average Bonchev–Trinajstić information content (AvgIpc) is 3.05. The highest BCUT2D eigenvalue weighted by Gasteiger charge is 2.52. The maximum absolute atomic E-state index is 10.3. The topological polar surface area (TPSA) is 60.7 Å². The number of hydrogen-bond donors (Lipinski definition) is 3. The molecule has 3 nitrogen and oxygen atoms in total. The fourth-order valence-corrected chi connectivity index (χ4v) is 6.93. The maximum Gasteiger partial charge on any atom is 0.0809 e. The van der Waals surface area contributed by atoms with E-state index >= 15 is 0 Å². The Hall–Kier alpha value is -0.900. The van der Waals surface area contributed by atoms with E-state index in [4.69, 9.17) is 0 Å². The Kier molecular flexibility index (Phi) is 7.55. The molecule has 0 spiro atoms. The van der Waals surface area contributed by atoms with Crippen molar-refractivity contribution in [3.8, 4) is 0 Å². The summed E-state index contributed by atoms with van der Waals surface area (Å²) in [5.74, 6) is 1.97. The highest BCUT2D eigenvalue weighted by Crippen LogP contribution is 2.61. The first-order valence-corrected chi connectivity index (χ1v) is 12.9. The summed E-state index contributed by atoms with van der Waals surface area (Å²) in [5, 5.41) is 30.6. The van der Waals surface area contributed by atoms with Gasteiger partial charge in [-0.25, -0.2) is 0 Å². The van der Waals surface area contributed by atoms with E-state index in [9.17, 15) is 15.3 Å². The van der Waals surface area contributed by atoms with Crippen LogP contribution in [0.15, 0.2) is 35.5 Å². The molecule has 0 heterocycles. The van der Waals surface area contributed by atoms with Crippen LogP contribution in [0.5, 0.6) is 0 Å². The number of rotatable bonds is 6. The molecule has 0 saturated heterocycles. The van der Waals surface area contributed by atoms with Crippen LogP contribution in [0.25, 0.3) is 0 Å². The quantitative estimate of drug-likeness (QED) is 0.419. The molecule has 0 aromatic rings. The number of aliphatic hydroxyl groups excluding tert-OH is 2. The van der Waals surface area contributed by atoms with Crippen molar-refractivity contribution < 1.29 is 15.3 Å². The van der Waals surface area contributed by atoms with Gasteiger partial charge in [-0.15, -0.1) is 0 Å². The molecule has 3 saturated carbocycles. The predicted molar refractivity (Wildman–Crippen MR) is 133 cm³/mol. The summed E-state index contributed by atoms with van der Waals surface area (Å²) in [6.07, 6.45) is 12.6. The molecule has 3 rings (SSSR count). The van der Waals surface area contributed by atoms with E-state index < -0.39 is 17.8 Å². The number of aliphatic hydroxyl groups is 3. The van der Waals surface area contributed by atoms with Gasteiger partial charge in [0.1, 0.15) is 0 Å². The molecular formula is C29H48O3. The van der Waals surface area contributed by atoms with Crippen LogP contribution in [0.1, 0.15) is 99.3 Å². The Morgan fingerprint density at radius 3 is 2.28 bits per heavy atom. The number of fused-ring (bicyclic) bond motifs is 1. The summed E-state index contributed by atoms with van der Waals surface area (Å²) in [7, 11) is 0. The van der Waals surface area contributed by atoms with Crippen molar-refractivity contribution in [3.63, 3.8) is 0 Å². The minimum absolute atomic E-state index is 0.211. The fraction of sp³-hybridized carbons (Fsp3) is 0.793. The van der Waals surface area contributed by atoms with Crippen molar-refractivity contribution in [2.24, 2.45) is 28.6 Å². The van der Waals surface area contributed by atoms with E-state index in [0.29, 0.717) is 41.6 Å². The zero-order valence-corrected chi connectivity index (χ0v) is 21.5. The average molecular weight is 445 g/mol. The first-order valence-electron chi connectivity index (χ1n) is 12.9. The minimum atomic E-state index is -0.622. The van der Waals surface area contributed by atoms with Crippen LogP contribution in [0.3, 0.4) is 0 Å². The third-order valence-corrected chi connectivity index (χ3v) is 9.56. The molecule has 3 aliphatic carbocycles. The van der Waals surface area contributed by atoms with Crippen LogP contribution in [0, 0.1) is 28.6 Å². The van der Waals surface area contributed by atoms with Gasteiger partial charge in [0.25, 0.3) is 0 Å². The molecule has 0 radical (unpaired) electrons. The molecule has 0 amide bonds. The second-order valence-corrected chi connectivity index (χ2v) is 12.8. The zero-order valence-electron chi connectivity index (χ0n) is 21.5. The van der Waals surface area contributed by atoms with Crippen LogP contribution in [0.4, 0.5) is 0 Å². The van der Waals surface area contributed by atoms with Crippen LogP contribution in [-0.2, 0) is 0 Å². The first-order chi connectivity index (χ1) is 14.7. The molecule has 3 N–H and O–H groups in total. The van der Waals surface area contributed by atoms with Gasteiger partial charge in [0.05, 0.1) is 17.8 Å². The van der Waals surface area contributed by atoms with Crippen molar-refractivity contribution in [3.05, 3.63) is 35.5 Å². The molecular weight excluding hydrogens is 396 g/mol. The molecule has 0 aliphatic heterocycles. The van der Waals surface area contributed by atoms with Crippen molar-refractivity contribution in [2.45, 2.75) is 117 Å². The second kappa shape index (κ2) is 9.39. The lowest BCUT2D eigenvalue weighted by molar-refractivity contribution is 0.0127. The first kappa shape index (κ1) is 25.7. The normalized spacial score (nSPS) is 36.3. The van der Waals surface area contributed by atoms with Crippen LogP contribution in [-0.4, -0.2) is 33.1 Å². The van der Waals surface area contributed by atoms with E-state index in [-0.39, 0.29) is 5.41 Å². The lowest BCUT2D eigenvalue weighted by Crippen LogP contribution is -2.40. The minimum Gasteiger partial charge on any atom is -0.390 e. The number of allylic oxidation sites excluding steroid dienone is 3. The van der Waals surface area contributed by atoms with E-state index in [2.05, 4.69) is 46.4 Å². The summed E-state index contributed by atoms with van der Waals surface area (Å²) >= 11 is 0. The Morgan fingerprint density at radius 2 is 1.69 bits per heavy atom. The molecule has 32 heavy (non-hydrogen) atoms. The van der Waals surface area contributed by atoms with Crippen LogP contribution >= 0.6 is 0 Å². The van der Waals surface area contributed by atoms with Crippen LogP contribution in [0.2, 0.25) is 0 Å². The lowest BCUT2D eigenvalue weighted by Gasteiger charge is -2.48. The summed E-state index contributed by atoms with van der Waals surface area (Å²) < 4.78 is 0. The number of hydrogen-bond acceptors (Lipinski definition) is 3. The summed E-state index contributed by atoms with van der Waals surface area (Å²) in [5.41, 5.74) is 3.22. The monoisotopic (exact) mass is 444 g/mol. The van der Waals surface area contributed by atoms with Gasteiger partial charge in [0, 0.05) is 0 Å². The third-order valence-electron chi connectivity index (χ3n) is 9.56. The maximum atomic E-state index is 10.3. The molecule has 0 aromatic carbocycles. The van der Waals surface area contributed by atoms with Gasteiger partial charge in [-0.05, 0) is 106 Å². The van der Waals surface area contributed by atoms with Gasteiger partial charge >= 0.3 is 0 Å². The Balaban J connectivity index is 1.75. The Labute approximate surface area is 196 Å². The third kappa shape index (κ3) is 5.42. The van der Waals surface area contributed by atoms with Crippen molar-refractivity contribution >= 4 is 0 Å². The molecule has 2 unspecified atom stereocenters. The van der Waals surface area contributed by atoms with Gasteiger partial charge in [0.15, 0.2) is 0 Å². The molecule has 3 aliphatic rings. The van der Waals surface area contributed by atoms with Crippen molar-refractivity contribution in [1.82, 2.24) is 0 Å². The molecule has 0 aromatic heterocycles. The molecule has 6 atom stereocenters. The summed E-state index contributed by atoms with van der Waals surface area (Å²) in [6.45, 7) is 17.5. The standard InChI is InChI=1S/C29H48O3/c1-19-25(30)17-21(18-26(19)31)10-11-22-9-8-14-29(7)23(12-13-24(22)29)20(2)27(3,4)15-16-28(5,6)32/h10-11,20,23-26,30-32H,1,8-9,12-18H2,2-7H3/t20-,23?,24?,25-,26-,29-/m1/s1. The molecule has 0 bridgehead atoms. The summed E-state index contributed by atoms with van der Waals surface area (Å²) in [4.78, 5) is 0. The lowest BCUT2D eigenvalue weighted by atomic mass is 9.57. The van der Waals surface area contributed by atoms with Gasteiger partial charge in [-0.2, -0.15) is 0 Å². The van der Waals surface area contributed by atoms with Gasteiger partial charge in [-0.3, -0.25) is 0 Å². The Morgan fingerprint density at radius 1 is 1.06 bits per heavy atom. The van der Waals surface area contributed by atoms with Crippen LogP contribution < -0.4 is 0 Å². The van der Waals surface area contributed by atoms with E-state index in [1.54, 1.807) is 5.57 Å². The smallest absolute Gasteiger partial charge is 0.0809 e. The molecule has 182 valence electrons. The van der Waals surface area contributed by atoms with E-state index in [1.165, 1.54) is 32.1 Å². The predicted octanol–water partition coefficient (Wildman–Crippen LogP) is 6.34. The van der Waals surface area contributed by atoms with Crippen molar-refractivity contribution in [2.75, 3.05) is 0 Å². The molecule has 3 fully saturated rings. The highest BCUT2D eigenvalue weighted by molar-refractivity contribution is 5.29. The largest absolute Gasteiger partial charge is 0.390 e. The van der Waals surface area contributed by atoms with Gasteiger partial charge < -0.3 is 15.3 Å². The Bertz CT molecular complexity index is 737. The van der Waals surface area contributed by atoms with Gasteiger partial charge in [-0.1, -0.05) is 57.6 Å². The molecule has 3 heteroatoms. The SMILES string of the molecule is C=C1[C@H](O)CC(=CC=C2CCC[C@@]3(C)C2CCC3[C@@H](C)C(C)(C)CCC(C)(C)O)C[C@H]1O. The highest BCUT2D eigenvalue weighted by atomic mass is 16.3. The summed E-state index contributed by atoms with van der Waals surface area (Å²) in [6, 6.07) is 0. The van der Waals surface area contributed by atoms with E-state index in [0.717, 1.165) is 18.4 Å². The zero-order chi connectivity index (χ0) is 23.9. The second-order valence-electron chi connectivity index (χ2n) is 12.8. The van der Waals surface area contributed by atoms with Gasteiger partial charge in [0.2, 0.25) is 0 Å².